The van der Waals surface area contributed by atoms with Crippen molar-refractivity contribution in [2.24, 2.45) is 5.92 Å². The Bertz CT molecular complexity index is 388. The minimum absolute atomic E-state index is 0.0460. The first kappa shape index (κ1) is 12.6. The lowest BCUT2D eigenvalue weighted by Gasteiger charge is -2.21. The largest absolute Gasteiger partial charge is 0.314 e. The average molecular weight is 235 g/mol. The van der Waals surface area contributed by atoms with Crippen molar-refractivity contribution in [3.8, 4) is 0 Å². The van der Waals surface area contributed by atoms with Crippen LogP contribution in [-0.2, 0) is 5.41 Å². The molecule has 0 aromatic heterocycles. The molecule has 0 amide bonds. The molecule has 1 aliphatic carbocycles. The van der Waals surface area contributed by atoms with Crippen molar-refractivity contribution >= 4 is 0 Å². The lowest BCUT2D eigenvalue weighted by atomic mass is 9.91. The van der Waals surface area contributed by atoms with Gasteiger partial charge in [0.25, 0.3) is 0 Å². The van der Waals surface area contributed by atoms with Crippen molar-refractivity contribution in [1.82, 2.24) is 5.32 Å². The van der Waals surface area contributed by atoms with Gasteiger partial charge in [0.1, 0.15) is 5.82 Å². The van der Waals surface area contributed by atoms with Crippen molar-refractivity contribution < 1.29 is 4.39 Å². The second-order valence-corrected chi connectivity index (χ2v) is 5.48. The fraction of sp³-hybridized carbons (Fsp3) is 0.600. The van der Waals surface area contributed by atoms with Gasteiger partial charge < -0.3 is 5.32 Å². The summed E-state index contributed by atoms with van der Waals surface area (Å²) in [6.45, 7) is 7.36. The van der Waals surface area contributed by atoms with Gasteiger partial charge in [-0.05, 0) is 24.0 Å². The Morgan fingerprint density at radius 2 is 2.12 bits per heavy atom. The Morgan fingerprint density at radius 3 is 2.65 bits per heavy atom. The van der Waals surface area contributed by atoms with Crippen molar-refractivity contribution in [2.75, 3.05) is 6.54 Å². The highest BCUT2D eigenvalue weighted by molar-refractivity contribution is 5.35. The molecule has 2 heteroatoms. The Balaban J connectivity index is 2.21. The van der Waals surface area contributed by atoms with Crippen molar-refractivity contribution in [2.45, 2.75) is 45.1 Å². The maximum absolute atomic E-state index is 13.9. The normalized spacial score (nSPS) is 27.5. The molecule has 17 heavy (non-hydrogen) atoms. The molecular formula is C15H22FN. The molecule has 2 atom stereocenters. The van der Waals surface area contributed by atoms with Crippen LogP contribution in [0.4, 0.5) is 4.39 Å². The van der Waals surface area contributed by atoms with Crippen LogP contribution < -0.4 is 5.32 Å². The number of rotatable bonds is 5. The van der Waals surface area contributed by atoms with Gasteiger partial charge in [0.15, 0.2) is 0 Å². The first-order valence-corrected chi connectivity index (χ1v) is 6.58. The van der Waals surface area contributed by atoms with E-state index in [1.54, 1.807) is 12.1 Å². The zero-order valence-corrected chi connectivity index (χ0v) is 11.0. The second-order valence-electron chi connectivity index (χ2n) is 5.48. The first-order valence-electron chi connectivity index (χ1n) is 6.58. The molecule has 1 aliphatic rings. The van der Waals surface area contributed by atoms with Crippen LogP contribution in [0.2, 0.25) is 0 Å². The molecule has 1 aromatic rings. The number of hydrogen-bond donors (Lipinski definition) is 1. The smallest absolute Gasteiger partial charge is 0.127 e. The summed E-state index contributed by atoms with van der Waals surface area (Å²) in [5, 5.41) is 3.47. The monoisotopic (exact) mass is 235 g/mol. The summed E-state index contributed by atoms with van der Waals surface area (Å²) in [4.78, 5) is 0. The van der Waals surface area contributed by atoms with Gasteiger partial charge in [-0.3, -0.25) is 0 Å². The predicted octanol–water partition coefficient (Wildman–Crippen LogP) is 3.49. The third kappa shape index (κ3) is 2.37. The van der Waals surface area contributed by atoms with Crippen LogP contribution in [0, 0.1) is 11.7 Å². The van der Waals surface area contributed by atoms with E-state index in [1.165, 1.54) is 0 Å². The molecule has 1 N–H and O–H groups in total. The topological polar surface area (TPSA) is 12.0 Å². The maximum Gasteiger partial charge on any atom is 0.127 e. The molecule has 0 saturated heterocycles. The molecule has 1 nitrogen and oxygen atoms in total. The van der Waals surface area contributed by atoms with Crippen LogP contribution in [0.15, 0.2) is 24.3 Å². The fourth-order valence-electron chi connectivity index (χ4n) is 2.81. The molecule has 1 aromatic carbocycles. The zero-order chi connectivity index (χ0) is 12.5. The number of halogens is 1. The third-order valence-electron chi connectivity index (χ3n) is 3.96. The van der Waals surface area contributed by atoms with E-state index < -0.39 is 0 Å². The van der Waals surface area contributed by atoms with Gasteiger partial charge in [-0.15, -0.1) is 0 Å². The standard InChI is InChI=1S/C15H22FN/c1-4-12-9-15(12,10-17-11(2)3)13-7-5-6-8-14(13)16/h5-8,11-12,17H,4,9-10H2,1-3H3. The minimum atomic E-state index is -0.0472. The molecule has 0 spiro atoms. The van der Waals surface area contributed by atoms with Crippen LogP contribution >= 0.6 is 0 Å². The quantitative estimate of drug-likeness (QED) is 0.823. The molecule has 2 unspecified atom stereocenters. The Morgan fingerprint density at radius 1 is 1.41 bits per heavy atom. The predicted molar refractivity (Wildman–Crippen MR) is 69.6 cm³/mol. The Labute approximate surface area is 103 Å². The van der Waals surface area contributed by atoms with E-state index in [0.29, 0.717) is 12.0 Å². The average Bonchev–Trinajstić information content (AvgIpc) is 3.02. The highest BCUT2D eigenvalue weighted by Gasteiger charge is 2.54. The van der Waals surface area contributed by atoms with E-state index in [-0.39, 0.29) is 11.2 Å². The van der Waals surface area contributed by atoms with Gasteiger partial charge >= 0.3 is 0 Å². The van der Waals surface area contributed by atoms with Gasteiger partial charge in [-0.1, -0.05) is 45.4 Å². The van der Waals surface area contributed by atoms with E-state index in [0.717, 1.165) is 24.9 Å². The fourth-order valence-corrected chi connectivity index (χ4v) is 2.81. The van der Waals surface area contributed by atoms with Gasteiger partial charge in [0.05, 0.1) is 0 Å². The SMILES string of the molecule is CCC1CC1(CNC(C)C)c1ccccc1F. The number of nitrogens with one attached hydrogen (secondary N) is 1. The summed E-state index contributed by atoms with van der Waals surface area (Å²) in [7, 11) is 0. The van der Waals surface area contributed by atoms with Gasteiger partial charge in [0.2, 0.25) is 0 Å². The summed E-state index contributed by atoms with van der Waals surface area (Å²) in [6.07, 6.45) is 2.25. The van der Waals surface area contributed by atoms with E-state index in [2.05, 4.69) is 26.1 Å². The summed E-state index contributed by atoms with van der Waals surface area (Å²) in [6, 6.07) is 7.70. The highest BCUT2D eigenvalue weighted by Crippen LogP contribution is 2.56. The number of benzene rings is 1. The maximum atomic E-state index is 13.9. The van der Waals surface area contributed by atoms with Crippen molar-refractivity contribution in [1.29, 1.82) is 0 Å². The van der Waals surface area contributed by atoms with Crippen molar-refractivity contribution in [3.05, 3.63) is 35.6 Å². The van der Waals surface area contributed by atoms with Crippen LogP contribution in [0.1, 0.15) is 39.2 Å². The van der Waals surface area contributed by atoms with E-state index in [9.17, 15) is 4.39 Å². The van der Waals surface area contributed by atoms with Gasteiger partial charge in [0, 0.05) is 18.0 Å². The van der Waals surface area contributed by atoms with Gasteiger partial charge in [-0.25, -0.2) is 4.39 Å². The summed E-state index contributed by atoms with van der Waals surface area (Å²) in [5.74, 6) is 0.583. The van der Waals surface area contributed by atoms with E-state index in [4.69, 9.17) is 0 Å². The zero-order valence-electron chi connectivity index (χ0n) is 11.0. The molecule has 0 bridgehead atoms. The third-order valence-corrected chi connectivity index (χ3v) is 3.96. The molecule has 2 rings (SSSR count). The van der Waals surface area contributed by atoms with E-state index in [1.807, 2.05) is 12.1 Å². The Kier molecular flexibility index (Phi) is 3.53. The summed E-state index contributed by atoms with van der Waals surface area (Å²) < 4.78 is 13.9. The molecule has 1 saturated carbocycles. The molecule has 0 aliphatic heterocycles. The second kappa shape index (κ2) is 4.77. The lowest BCUT2D eigenvalue weighted by Crippen LogP contribution is -2.33. The van der Waals surface area contributed by atoms with Crippen LogP contribution in [-0.4, -0.2) is 12.6 Å². The molecule has 0 radical (unpaired) electrons. The lowest BCUT2D eigenvalue weighted by molar-refractivity contribution is 0.468. The van der Waals surface area contributed by atoms with Crippen LogP contribution in [0.3, 0.4) is 0 Å². The number of hydrogen-bond acceptors (Lipinski definition) is 1. The minimum Gasteiger partial charge on any atom is -0.314 e. The summed E-state index contributed by atoms with van der Waals surface area (Å²) in [5.41, 5.74) is 0.949. The Hall–Kier alpha value is -0.890. The van der Waals surface area contributed by atoms with Gasteiger partial charge in [-0.2, -0.15) is 0 Å². The first-order chi connectivity index (χ1) is 8.10. The highest BCUT2D eigenvalue weighted by atomic mass is 19.1. The molecule has 1 fully saturated rings. The van der Waals surface area contributed by atoms with Crippen LogP contribution in [0.5, 0.6) is 0 Å². The molecule has 94 valence electrons. The molecule has 0 heterocycles. The summed E-state index contributed by atoms with van der Waals surface area (Å²) >= 11 is 0. The van der Waals surface area contributed by atoms with E-state index >= 15 is 0 Å². The van der Waals surface area contributed by atoms with Crippen LogP contribution in [0.25, 0.3) is 0 Å². The van der Waals surface area contributed by atoms with Crippen molar-refractivity contribution in [3.63, 3.8) is 0 Å². The molecular weight excluding hydrogens is 213 g/mol.